The number of H-pyrrole nitrogens is 1. The highest BCUT2D eigenvalue weighted by Crippen LogP contribution is 2.33. The van der Waals surface area contributed by atoms with E-state index in [0.29, 0.717) is 11.7 Å². The second kappa shape index (κ2) is 5.54. The highest BCUT2D eigenvalue weighted by molar-refractivity contribution is 5.80. The quantitative estimate of drug-likeness (QED) is 0.610. The number of nitrogens with one attached hydrogen (secondary N) is 1. The molecule has 1 fully saturated rings. The Bertz CT molecular complexity index is 1050. The maximum Gasteiger partial charge on any atom is 0.254 e. The summed E-state index contributed by atoms with van der Waals surface area (Å²) >= 11 is 0. The number of pyridine rings is 1. The van der Waals surface area contributed by atoms with Crippen LogP contribution in [0.15, 0.2) is 36.9 Å². The van der Waals surface area contributed by atoms with Crippen LogP contribution in [-0.4, -0.2) is 42.6 Å². The lowest BCUT2D eigenvalue weighted by atomic mass is 9.90. The van der Waals surface area contributed by atoms with E-state index >= 15 is 0 Å². The number of anilines is 1. The van der Waals surface area contributed by atoms with Gasteiger partial charge in [-0.1, -0.05) is 0 Å². The minimum Gasteiger partial charge on any atom is -0.356 e. The summed E-state index contributed by atoms with van der Waals surface area (Å²) in [7, 11) is 0. The molecule has 126 valence electrons. The largest absolute Gasteiger partial charge is 0.356 e. The number of aryl methyl sites for hydroxylation is 1. The highest BCUT2D eigenvalue weighted by atomic mass is 15.4. The number of piperidine rings is 1. The molecule has 0 spiro atoms. The monoisotopic (exact) mass is 333 g/mol. The van der Waals surface area contributed by atoms with E-state index in [1.807, 2.05) is 23.7 Å². The zero-order valence-corrected chi connectivity index (χ0v) is 14.1. The van der Waals surface area contributed by atoms with Gasteiger partial charge < -0.3 is 9.88 Å². The molecule has 4 aromatic heterocycles. The topological polar surface area (TPSA) is 75.0 Å². The molecule has 0 amide bonds. The van der Waals surface area contributed by atoms with Crippen molar-refractivity contribution in [2.45, 2.75) is 25.7 Å². The van der Waals surface area contributed by atoms with Crippen molar-refractivity contribution in [1.29, 1.82) is 0 Å². The Labute approximate surface area is 144 Å². The number of hydrogen-bond acceptors (Lipinski definition) is 5. The fourth-order valence-electron chi connectivity index (χ4n) is 3.89. The van der Waals surface area contributed by atoms with Gasteiger partial charge in [0.05, 0.1) is 0 Å². The van der Waals surface area contributed by atoms with E-state index in [2.05, 4.69) is 48.3 Å². The van der Waals surface area contributed by atoms with E-state index in [-0.39, 0.29) is 0 Å². The predicted octanol–water partition coefficient (Wildman–Crippen LogP) is 2.69. The van der Waals surface area contributed by atoms with Gasteiger partial charge in [-0.15, -0.1) is 0 Å². The summed E-state index contributed by atoms with van der Waals surface area (Å²) < 4.78 is 1.84. The van der Waals surface area contributed by atoms with Gasteiger partial charge in [0, 0.05) is 48.5 Å². The van der Waals surface area contributed by atoms with E-state index in [1.54, 1.807) is 6.33 Å². The van der Waals surface area contributed by atoms with E-state index in [1.165, 1.54) is 17.4 Å². The van der Waals surface area contributed by atoms with E-state index < -0.39 is 0 Å². The first-order chi connectivity index (χ1) is 12.3. The maximum absolute atomic E-state index is 4.45. The fourth-order valence-corrected chi connectivity index (χ4v) is 3.89. The summed E-state index contributed by atoms with van der Waals surface area (Å²) in [5.74, 6) is 2.20. The Morgan fingerprint density at radius 1 is 1.28 bits per heavy atom. The molecule has 0 bridgehead atoms. The third kappa shape index (κ3) is 2.34. The summed E-state index contributed by atoms with van der Waals surface area (Å²) in [5.41, 5.74) is 3.29. The normalized spacial score (nSPS) is 18.3. The number of nitrogens with zero attached hydrogens (tertiary/aromatic N) is 6. The second-order valence-corrected chi connectivity index (χ2v) is 6.66. The molecule has 1 saturated heterocycles. The van der Waals surface area contributed by atoms with E-state index in [0.717, 1.165) is 36.7 Å². The third-order valence-electron chi connectivity index (χ3n) is 5.03. The lowest BCUT2D eigenvalue weighted by molar-refractivity contribution is 0.506. The van der Waals surface area contributed by atoms with Crippen LogP contribution in [0.1, 0.15) is 30.0 Å². The summed E-state index contributed by atoms with van der Waals surface area (Å²) in [6, 6.07) is 6.26. The molecule has 4 aromatic rings. The molecular formula is C18H19N7. The van der Waals surface area contributed by atoms with Gasteiger partial charge in [-0.25, -0.2) is 9.97 Å². The van der Waals surface area contributed by atoms with Crippen molar-refractivity contribution in [2.24, 2.45) is 0 Å². The molecule has 1 aliphatic heterocycles. The van der Waals surface area contributed by atoms with Gasteiger partial charge in [0.15, 0.2) is 0 Å². The summed E-state index contributed by atoms with van der Waals surface area (Å²) in [5, 5.41) is 5.59. The minimum absolute atomic E-state index is 0.471. The van der Waals surface area contributed by atoms with Crippen LogP contribution in [0.5, 0.6) is 0 Å². The average molecular weight is 333 g/mol. The van der Waals surface area contributed by atoms with Crippen LogP contribution in [0, 0.1) is 6.92 Å². The molecule has 1 atom stereocenters. The van der Waals surface area contributed by atoms with Gasteiger partial charge in [0.25, 0.3) is 5.78 Å². The Hall–Kier alpha value is -2.96. The van der Waals surface area contributed by atoms with E-state index in [9.17, 15) is 0 Å². The molecule has 5 rings (SSSR count). The Balaban J connectivity index is 1.53. The van der Waals surface area contributed by atoms with Crippen LogP contribution in [-0.2, 0) is 0 Å². The molecule has 5 heterocycles. The molecule has 1 N–H and O–H groups in total. The molecule has 0 aliphatic carbocycles. The van der Waals surface area contributed by atoms with Crippen molar-refractivity contribution in [2.75, 3.05) is 18.0 Å². The van der Waals surface area contributed by atoms with Crippen LogP contribution < -0.4 is 4.90 Å². The van der Waals surface area contributed by atoms with Gasteiger partial charge in [-0.2, -0.15) is 14.6 Å². The zero-order valence-electron chi connectivity index (χ0n) is 14.1. The van der Waals surface area contributed by atoms with Gasteiger partial charge in [0.1, 0.15) is 17.8 Å². The number of aromatic nitrogens is 6. The van der Waals surface area contributed by atoms with Gasteiger partial charge in [-0.05, 0) is 37.5 Å². The molecule has 7 heteroatoms. The number of rotatable bonds is 2. The smallest absolute Gasteiger partial charge is 0.254 e. The van der Waals surface area contributed by atoms with Crippen molar-refractivity contribution in [3.05, 3.63) is 48.2 Å². The van der Waals surface area contributed by atoms with Crippen LogP contribution in [0.2, 0.25) is 0 Å². The molecule has 0 saturated carbocycles. The Kier molecular flexibility index (Phi) is 3.19. The van der Waals surface area contributed by atoms with Crippen LogP contribution in [0.25, 0.3) is 16.8 Å². The zero-order chi connectivity index (χ0) is 16.8. The maximum atomic E-state index is 4.45. The van der Waals surface area contributed by atoms with Crippen molar-refractivity contribution >= 4 is 22.6 Å². The van der Waals surface area contributed by atoms with Crippen LogP contribution in [0.3, 0.4) is 0 Å². The molecule has 7 nitrogen and oxygen atoms in total. The highest BCUT2D eigenvalue weighted by Gasteiger charge is 2.25. The average Bonchev–Trinajstić information content (AvgIpc) is 3.27. The van der Waals surface area contributed by atoms with Crippen molar-refractivity contribution in [3.8, 4) is 0 Å². The van der Waals surface area contributed by atoms with Gasteiger partial charge >= 0.3 is 0 Å². The first-order valence-electron chi connectivity index (χ1n) is 8.64. The molecule has 25 heavy (non-hydrogen) atoms. The van der Waals surface area contributed by atoms with Crippen molar-refractivity contribution < 1.29 is 0 Å². The van der Waals surface area contributed by atoms with Crippen LogP contribution >= 0.6 is 0 Å². The standard InChI is InChI=1S/C18H19N7/c1-12-8-16(25-18(23-12)21-11-22-25)24-7-3-4-13(10-24)15-9-20-17-14(15)5-2-6-19-17/h2,5-6,8-9,11,13H,3-4,7,10H2,1H3,(H,19,20)/t13-/m1/s1. The predicted molar refractivity (Wildman–Crippen MR) is 95.8 cm³/mol. The van der Waals surface area contributed by atoms with Gasteiger partial charge in [-0.3, -0.25) is 0 Å². The second-order valence-electron chi connectivity index (χ2n) is 6.66. The Morgan fingerprint density at radius 2 is 2.24 bits per heavy atom. The molecule has 0 radical (unpaired) electrons. The fraction of sp³-hybridized carbons (Fsp3) is 0.333. The van der Waals surface area contributed by atoms with Crippen LogP contribution in [0.4, 0.5) is 5.82 Å². The number of fused-ring (bicyclic) bond motifs is 2. The lowest BCUT2D eigenvalue weighted by Crippen LogP contribution is -2.35. The first-order valence-corrected chi connectivity index (χ1v) is 8.64. The number of aromatic amines is 1. The molecule has 1 aliphatic rings. The Morgan fingerprint density at radius 3 is 3.20 bits per heavy atom. The molecular weight excluding hydrogens is 314 g/mol. The third-order valence-corrected chi connectivity index (χ3v) is 5.03. The molecule has 0 unspecified atom stereocenters. The SMILES string of the molecule is Cc1cc(N2CCC[C@@H](c3c[nH]c4ncccc34)C2)n2ncnc2n1. The molecule has 0 aromatic carbocycles. The summed E-state index contributed by atoms with van der Waals surface area (Å²) in [6.45, 7) is 3.99. The summed E-state index contributed by atoms with van der Waals surface area (Å²) in [6.07, 6.45) is 7.85. The lowest BCUT2D eigenvalue weighted by Gasteiger charge is -2.34. The van der Waals surface area contributed by atoms with Crippen molar-refractivity contribution in [1.82, 2.24) is 29.5 Å². The van der Waals surface area contributed by atoms with Gasteiger partial charge in [0.2, 0.25) is 0 Å². The van der Waals surface area contributed by atoms with Crippen molar-refractivity contribution in [3.63, 3.8) is 0 Å². The first kappa shape index (κ1) is 14.4. The minimum atomic E-state index is 0.471. The number of hydrogen-bond donors (Lipinski definition) is 1. The van der Waals surface area contributed by atoms with E-state index in [4.69, 9.17) is 0 Å². The summed E-state index contributed by atoms with van der Waals surface area (Å²) in [4.78, 5) is 18.8.